The summed E-state index contributed by atoms with van der Waals surface area (Å²) in [4.78, 5) is 25.0. The number of aliphatic hydroxyl groups excluding tert-OH is 1. The van der Waals surface area contributed by atoms with Gasteiger partial charge in [0, 0.05) is 12.4 Å². The molecule has 38 heavy (non-hydrogen) atoms. The summed E-state index contributed by atoms with van der Waals surface area (Å²) in [6, 6.07) is 7.11. The number of aliphatic hydroxyl groups is 1. The van der Waals surface area contributed by atoms with E-state index in [1.54, 1.807) is 51.1 Å². The van der Waals surface area contributed by atoms with Crippen molar-refractivity contribution in [3.05, 3.63) is 48.5 Å². The van der Waals surface area contributed by atoms with E-state index in [0.717, 1.165) is 0 Å². The number of fused-ring (bicyclic) bond motifs is 1. The molecule has 0 aliphatic carbocycles. The number of imidazole rings is 1. The molecule has 3 heterocycles. The summed E-state index contributed by atoms with van der Waals surface area (Å²) in [6.07, 6.45) is -1.74. The first-order chi connectivity index (χ1) is 17.9. The largest absolute Gasteiger partial charge is 0.462 e. The molecule has 4 rings (SSSR count). The number of alkyl halides is 1. The average molecular weight is 552 g/mol. The molecule has 1 aliphatic rings. The number of rotatable bonds is 10. The minimum atomic E-state index is -4.25. The zero-order valence-electron chi connectivity index (χ0n) is 21.6. The van der Waals surface area contributed by atoms with Gasteiger partial charge in [-0.2, -0.15) is 5.09 Å². The second kappa shape index (κ2) is 11.0. The Balaban J connectivity index is 1.55. The zero-order valence-corrected chi connectivity index (χ0v) is 22.5. The summed E-state index contributed by atoms with van der Waals surface area (Å²) >= 11 is 0. The van der Waals surface area contributed by atoms with Crippen LogP contribution in [0.15, 0.2) is 42.7 Å². The molecule has 2 N–H and O–H groups in total. The molecule has 14 heteroatoms. The van der Waals surface area contributed by atoms with Crippen LogP contribution in [0.2, 0.25) is 0 Å². The Morgan fingerprint density at radius 1 is 1.26 bits per heavy atom. The number of esters is 1. The summed E-state index contributed by atoms with van der Waals surface area (Å²) in [6.45, 7) is 7.10. The molecule has 1 fully saturated rings. The van der Waals surface area contributed by atoms with E-state index < -0.39 is 56.6 Å². The number of carbonyl (C=O) groups is 1. The number of para-hydroxylation sites is 1. The van der Waals surface area contributed by atoms with Gasteiger partial charge in [-0.05, 0) is 46.8 Å². The first-order valence-electron chi connectivity index (χ1n) is 12.1. The molecule has 0 spiro atoms. The van der Waals surface area contributed by atoms with E-state index in [0.29, 0.717) is 11.5 Å². The lowest BCUT2D eigenvalue weighted by atomic mass is 9.98. The summed E-state index contributed by atoms with van der Waals surface area (Å²) in [5.41, 5.74) is -1.72. The molecule has 0 amide bonds. The van der Waals surface area contributed by atoms with Gasteiger partial charge in [-0.15, -0.1) is 0 Å². The highest BCUT2D eigenvalue weighted by Crippen LogP contribution is 2.48. The molecule has 1 aromatic carbocycles. The van der Waals surface area contributed by atoms with Crippen molar-refractivity contribution in [2.75, 3.05) is 6.61 Å². The number of aromatic nitrogens is 4. The topological polar surface area (TPSA) is 147 Å². The lowest BCUT2D eigenvalue weighted by molar-refractivity contribution is -0.149. The Labute approximate surface area is 219 Å². The first kappa shape index (κ1) is 28.1. The predicted molar refractivity (Wildman–Crippen MR) is 134 cm³/mol. The number of halogens is 1. The molecule has 6 atom stereocenters. The Hall–Kier alpha value is -2.96. The van der Waals surface area contributed by atoms with Crippen molar-refractivity contribution in [1.82, 2.24) is 24.6 Å². The Morgan fingerprint density at radius 2 is 1.95 bits per heavy atom. The molecule has 0 unspecified atom stereocenters. The quantitative estimate of drug-likeness (QED) is 0.283. The minimum Gasteiger partial charge on any atom is -0.462 e. The van der Waals surface area contributed by atoms with Gasteiger partial charge in [0.05, 0.1) is 12.7 Å². The van der Waals surface area contributed by atoms with E-state index in [-0.39, 0.29) is 11.4 Å². The number of ether oxygens (including phenoxy) is 2. The summed E-state index contributed by atoms with van der Waals surface area (Å²) in [5, 5.41) is 13.4. The average Bonchev–Trinajstić information content (AvgIpc) is 3.29. The van der Waals surface area contributed by atoms with Crippen molar-refractivity contribution in [1.29, 1.82) is 0 Å². The van der Waals surface area contributed by atoms with Crippen LogP contribution >= 0.6 is 7.75 Å². The van der Waals surface area contributed by atoms with Crippen LogP contribution in [0.3, 0.4) is 0 Å². The highest BCUT2D eigenvalue weighted by Gasteiger charge is 2.56. The smallest absolute Gasteiger partial charge is 0.459 e. The molecule has 3 aromatic rings. The van der Waals surface area contributed by atoms with Gasteiger partial charge in [0.25, 0.3) is 0 Å². The number of nitrogens with one attached hydrogen (secondary N) is 1. The molecule has 1 saturated heterocycles. The maximum Gasteiger partial charge on any atom is 0.459 e. The van der Waals surface area contributed by atoms with Gasteiger partial charge in [0.2, 0.25) is 0 Å². The first-order valence-corrected chi connectivity index (χ1v) is 13.6. The molecule has 1 aliphatic heterocycles. The van der Waals surface area contributed by atoms with Gasteiger partial charge in [-0.3, -0.25) is 13.9 Å². The van der Waals surface area contributed by atoms with Crippen LogP contribution in [0.5, 0.6) is 5.75 Å². The van der Waals surface area contributed by atoms with Crippen LogP contribution in [0.1, 0.15) is 39.7 Å². The molecule has 0 bridgehead atoms. The maximum absolute atomic E-state index is 15.9. The van der Waals surface area contributed by atoms with Gasteiger partial charge in [-0.25, -0.2) is 23.9 Å². The van der Waals surface area contributed by atoms with E-state index in [1.807, 2.05) is 0 Å². The number of hydrogen-bond acceptors (Lipinski definition) is 10. The van der Waals surface area contributed by atoms with Gasteiger partial charge in [0.15, 0.2) is 23.2 Å². The lowest BCUT2D eigenvalue weighted by Gasteiger charge is -2.25. The predicted octanol–water partition coefficient (Wildman–Crippen LogP) is 3.25. The Bertz CT molecular complexity index is 1320. The van der Waals surface area contributed by atoms with Crippen LogP contribution in [0.4, 0.5) is 4.39 Å². The third-order valence-electron chi connectivity index (χ3n) is 5.89. The van der Waals surface area contributed by atoms with Gasteiger partial charge in [0.1, 0.15) is 29.8 Å². The van der Waals surface area contributed by atoms with Crippen molar-refractivity contribution in [2.45, 2.75) is 70.9 Å². The Kier molecular flexibility index (Phi) is 8.15. The normalized spacial score (nSPS) is 25.8. The molecular formula is C24H31FN5O7P. The van der Waals surface area contributed by atoms with E-state index in [1.165, 1.54) is 30.8 Å². The van der Waals surface area contributed by atoms with Gasteiger partial charge < -0.3 is 19.1 Å². The van der Waals surface area contributed by atoms with Crippen molar-refractivity contribution < 1.29 is 37.4 Å². The number of hydrogen-bond donors (Lipinski definition) is 2. The fraction of sp³-hybridized carbons (Fsp3) is 0.500. The van der Waals surface area contributed by atoms with Crippen molar-refractivity contribution >= 4 is 25.0 Å². The maximum atomic E-state index is 15.9. The molecule has 0 saturated carbocycles. The van der Waals surface area contributed by atoms with Gasteiger partial charge in [-0.1, -0.05) is 18.2 Å². The highest BCUT2D eigenvalue weighted by atomic mass is 31.2. The Morgan fingerprint density at radius 3 is 2.63 bits per heavy atom. The molecule has 12 nitrogen and oxygen atoms in total. The van der Waals surface area contributed by atoms with Gasteiger partial charge >= 0.3 is 13.7 Å². The monoisotopic (exact) mass is 551 g/mol. The van der Waals surface area contributed by atoms with Crippen LogP contribution in [-0.4, -0.2) is 67.2 Å². The SMILES string of the molecule is Cc1nc2nccnc2n1[C@@H]1O[C@H](CO[P@](=O)(N[C@@H](C)C(=O)OC(C)C)Oc2ccccc2)[C@@H](O)[C@@]1(C)F. The second-order valence-electron chi connectivity index (χ2n) is 9.39. The molecular weight excluding hydrogens is 520 g/mol. The second-order valence-corrected chi connectivity index (χ2v) is 11.1. The number of aryl methyl sites for hydroxylation is 1. The zero-order chi connectivity index (χ0) is 27.7. The summed E-state index contributed by atoms with van der Waals surface area (Å²) < 4.78 is 53.3. The summed E-state index contributed by atoms with van der Waals surface area (Å²) in [7, 11) is -4.25. The van der Waals surface area contributed by atoms with Crippen LogP contribution in [-0.2, 0) is 23.4 Å². The van der Waals surface area contributed by atoms with Crippen molar-refractivity contribution in [2.24, 2.45) is 0 Å². The van der Waals surface area contributed by atoms with Crippen molar-refractivity contribution in [3.63, 3.8) is 0 Å². The van der Waals surface area contributed by atoms with Crippen LogP contribution in [0.25, 0.3) is 11.3 Å². The molecule has 2 aromatic heterocycles. The third-order valence-corrected chi connectivity index (χ3v) is 7.53. The number of benzene rings is 1. The molecule has 206 valence electrons. The third kappa shape index (κ3) is 5.87. The molecule has 0 radical (unpaired) electrons. The van der Waals surface area contributed by atoms with E-state index in [9.17, 15) is 14.5 Å². The standard InChI is InChI=1S/C24H31FN5O7P/c1-14(2)35-22(32)15(3)29-38(33,37-17-9-7-6-8-10-17)34-13-18-19(31)24(5,25)23(36-18)30-16(4)28-20-21(30)27-12-11-26-20/h6-12,14-15,18-19,23,31H,13H2,1-5H3,(H,29,33)/t15-,18+,19+,23+,24+,38+/m0/s1. The van der Waals surface area contributed by atoms with Crippen LogP contribution in [0, 0.1) is 6.92 Å². The van der Waals surface area contributed by atoms with E-state index >= 15 is 4.39 Å². The number of carbonyl (C=O) groups excluding carboxylic acids is 1. The lowest BCUT2D eigenvalue weighted by Crippen LogP contribution is -2.41. The van der Waals surface area contributed by atoms with Crippen molar-refractivity contribution in [3.8, 4) is 5.75 Å². The van der Waals surface area contributed by atoms with Crippen LogP contribution < -0.4 is 9.61 Å². The summed E-state index contributed by atoms with van der Waals surface area (Å²) in [5.74, 6) is -0.0865. The minimum absolute atomic E-state index is 0.202. The van der Waals surface area contributed by atoms with E-state index in [4.69, 9.17) is 18.5 Å². The fourth-order valence-electron chi connectivity index (χ4n) is 4.05. The fourth-order valence-corrected chi connectivity index (χ4v) is 5.55. The number of nitrogens with zero attached hydrogens (tertiary/aromatic N) is 4. The van der Waals surface area contributed by atoms with E-state index in [2.05, 4.69) is 20.0 Å². The highest BCUT2D eigenvalue weighted by molar-refractivity contribution is 7.52.